The molecule has 1 saturated carbocycles. The summed E-state index contributed by atoms with van der Waals surface area (Å²) in [6.07, 6.45) is 6.52. The molecule has 4 aromatic rings. The minimum atomic E-state index is -0.352. The molecule has 0 aliphatic heterocycles. The van der Waals surface area contributed by atoms with Crippen molar-refractivity contribution in [1.82, 2.24) is 0 Å². The van der Waals surface area contributed by atoms with Crippen LogP contribution in [0.5, 0.6) is 0 Å². The SMILES string of the molecule is C[SiH]C.[CH2-]c1ccccc1.[CH2-]c1ccccc1.[Hf+4].[NH-]C(=O)C1CCCCC1.[c-]1cccc2c1Cc1ccccc1-2. The Balaban J connectivity index is 0.000000265. The topological polar surface area (TPSA) is 40.9 Å². The van der Waals surface area contributed by atoms with Crippen molar-refractivity contribution in [3.8, 4) is 11.1 Å². The second-order valence-electron chi connectivity index (χ2n) is 9.64. The van der Waals surface area contributed by atoms with Gasteiger partial charge in [0.15, 0.2) is 0 Å². The molecule has 0 atom stereocenters. The van der Waals surface area contributed by atoms with Crippen molar-refractivity contribution in [3.63, 3.8) is 0 Å². The van der Waals surface area contributed by atoms with Crippen molar-refractivity contribution in [2.45, 2.75) is 51.6 Å². The van der Waals surface area contributed by atoms with Crippen molar-refractivity contribution < 1.29 is 30.6 Å². The standard InChI is InChI=1S/C13H9.C7H13NO.2C7H7.C2H7Si.Hf/c1-3-7-12-10(5-1)9-11-6-2-4-8-13(11)12;8-7(9)6-4-2-1-3-5-6;2*1-7-5-3-2-4-6-7;1-3-2;/h1-5,7-8H,9H2;6H,1-5H2,(H2,8,9);2*2-6H,1H2;3H,1-2H3;/q-1;;2*-1;;+4/p-1. The monoisotopic (exact) mass is 712 g/mol. The molecule has 1 N–H and O–H groups in total. The van der Waals surface area contributed by atoms with E-state index in [1.165, 1.54) is 28.7 Å². The van der Waals surface area contributed by atoms with Crippen molar-refractivity contribution in [2.24, 2.45) is 5.92 Å². The number of carbonyl (C=O) groups is 1. The van der Waals surface area contributed by atoms with Crippen molar-refractivity contribution in [3.05, 3.63) is 151 Å². The van der Waals surface area contributed by atoms with Crippen LogP contribution in [-0.2, 0) is 37.1 Å². The predicted molar refractivity (Wildman–Crippen MR) is 170 cm³/mol. The van der Waals surface area contributed by atoms with Gasteiger partial charge >= 0.3 is 25.8 Å². The van der Waals surface area contributed by atoms with Crippen LogP contribution >= 0.6 is 0 Å². The molecule has 4 heteroatoms. The molecule has 40 heavy (non-hydrogen) atoms. The first-order valence-electron chi connectivity index (χ1n) is 13.8. The molecule has 2 nitrogen and oxygen atoms in total. The minimum Gasteiger partial charge on any atom is -0.668 e. The molecule has 0 spiro atoms. The summed E-state index contributed by atoms with van der Waals surface area (Å²) in [6, 6.07) is 37.9. The van der Waals surface area contributed by atoms with E-state index in [0.717, 1.165) is 52.8 Å². The Morgan fingerprint density at radius 1 is 0.750 bits per heavy atom. The fourth-order valence-electron chi connectivity index (χ4n) is 4.32. The summed E-state index contributed by atoms with van der Waals surface area (Å²) in [4.78, 5) is 10.5. The maximum absolute atomic E-state index is 10.5. The van der Waals surface area contributed by atoms with Gasteiger partial charge in [0, 0.05) is 15.4 Å². The number of hydrogen-bond donors (Lipinski definition) is 0. The van der Waals surface area contributed by atoms with Gasteiger partial charge in [-0.25, -0.2) is 0 Å². The van der Waals surface area contributed by atoms with E-state index in [1.54, 1.807) is 0 Å². The molecule has 0 saturated heterocycles. The maximum atomic E-state index is 10.5. The predicted octanol–water partition coefficient (Wildman–Crippen LogP) is 9.46. The van der Waals surface area contributed by atoms with Gasteiger partial charge in [0.2, 0.25) is 0 Å². The van der Waals surface area contributed by atoms with Crippen LogP contribution in [0.25, 0.3) is 16.9 Å². The quantitative estimate of drug-likeness (QED) is 0.126. The zero-order valence-electron chi connectivity index (χ0n) is 24.0. The van der Waals surface area contributed by atoms with Gasteiger partial charge in [-0.1, -0.05) is 79.9 Å². The summed E-state index contributed by atoms with van der Waals surface area (Å²) in [5.74, 6) is -0.270. The minimum absolute atomic E-state index is 0. The van der Waals surface area contributed by atoms with Crippen LogP contribution in [0.15, 0.2) is 103 Å². The Hall–Kier alpha value is -2.82. The van der Waals surface area contributed by atoms with Crippen LogP contribution in [0.2, 0.25) is 13.1 Å². The van der Waals surface area contributed by atoms with E-state index in [9.17, 15) is 4.79 Å². The van der Waals surface area contributed by atoms with E-state index in [2.05, 4.69) is 69.4 Å². The second kappa shape index (κ2) is 21.0. The fraction of sp³-hybridized carbons (Fsp3) is 0.250. The van der Waals surface area contributed by atoms with E-state index < -0.39 is 0 Å². The van der Waals surface area contributed by atoms with Gasteiger partial charge in [-0.15, -0.1) is 29.8 Å². The second-order valence-corrected chi connectivity index (χ2v) is 10.8. The number of nitrogens with one attached hydrogen (secondary N) is 1. The van der Waals surface area contributed by atoms with E-state index in [-0.39, 0.29) is 37.7 Å². The van der Waals surface area contributed by atoms with Crippen molar-refractivity contribution in [1.29, 1.82) is 0 Å². The molecule has 0 bridgehead atoms. The van der Waals surface area contributed by atoms with Gasteiger partial charge < -0.3 is 10.5 Å². The van der Waals surface area contributed by atoms with Crippen LogP contribution in [-0.4, -0.2) is 15.4 Å². The molecule has 6 rings (SSSR count). The number of rotatable bonds is 1. The summed E-state index contributed by atoms with van der Waals surface area (Å²) in [5, 5.41) is 0. The summed E-state index contributed by atoms with van der Waals surface area (Å²) < 4.78 is 0. The number of carbonyl (C=O) groups excluding carboxylic acids is 1. The van der Waals surface area contributed by atoms with Gasteiger partial charge in [0.05, 0.1) is 5.91 Å². The Kier molecular flexibility index (Phi) is 18.5. The molecule has 0 unspecified atom stereocenters. The number of benzene rings is 4. The van der Waals surface area contributed by atoms with E-state index in [4.69, 9.17) is 5.73 Å². The molecule has 4 aromatic carbocycles. The number of hydrogen-bond acceptors (Lipinski definition) is 1. The third-order valence-electron chi connectivity index (χ3n) is 6.28. The largest absolute Gasteiger partial charge is 4.00 e. The van der Waals surface area contributed by atoms with Gasteiger partial charge in [-0.2, -0.15) is 79.1 Å². The molecule has 2 aliphatic carbocycles. The summed E-state index contributed by atoms with van der Waals surface area (Å²) in [6.45, 7) is 11.9. The van der Waals surface area contributed by atoms with E-state index >= 15 is 0 Å². The van der Waals surface area contributed by atoms with Crippen LogP contribution in [0.3, 0.4) is 0 Å². The first-order chi connectivity index (χ1) is 19.0. The smallest absolute Gasteiger partial charge is 0.668 e. The van der Waals surface area contributed by atoms with Crippen LogP contribution < -0.4 is 0 Å². The Labute approximate surface area is 264 Å². The maximum Gasteiger partial charge on any atom is 4.00 e. The molecule has 2 aliphatic rings. The van der Waals surface area contributed by atoms with E-state index in [1.807, 2.05) is 66.7 Å². The van der Waals surface area contributed by atoms with E-state index in [0.29, 0.717) is 0 Å². The number of fused-ring (bicyclic) bond motifs is 3. The van der Waals surface area contributed by atoms with Crippen molar-refractivity contribution in [2.75, 3.05) is 0 Å². The Morgan fingerprint density at radius 2 is 1.23 bits per heavy atom. The zero-order chi connectivity index (χ0) is 28.3. The molecule has 205 valence electrons. The Bertz CT molecular complexity index is 1130. The van der Waals surface area contributed by atoms with Gasteiger partial charge in [0.25, 0.3) is 0 Å². The molecular weight excluding hydrogens is 669 g/mol. The van der Waals surface area contributed by atoms with Gasteiger partial charge in [-0.3, -0.25) is 0 Å². The summed E-state index contributed by atoms with van der Waals surface area (Å²) in [7, 11) is 0.750. The van der Waals surface area contributed by atoms with Crippen molar-refractivity contribution >= 4 is 15.4 Å². The average molecular weight is 711 g/mol. The van der Waals surface area contributed by atoms with Gasteiger partial charge in [0.1, 0.15) is 0 Å². The van der Waals surface area contributed by atoms with Crippen LogP contribution in [0.4, 0.5) is 0 Å². The summed E-state index contributed by atoms with van der Waals surface area (Å²) in [5.41, 5.74) is 14.5. The molecule has 1 amide bonds. The third-order valence-corrected chi connectivity index (χ3v) is 6.28. The molecule has 1 radical (unpaired) electrons. The normalized spacial score (nSPS) is 12.3. The first-order valence-corrected chi connectivity index (χ1v) is 16.1. The van der Waals surface area contributed by atoms with Crippen LogP contribution in [0, 0.1) is 25.8 Å². The molecule has 0 aromatic heterocycles. The Morgan fingerprint density at radius 3 is 1.68 bits per heavy atom. The summed E-state index contributed by atoms with van der Waals surface area (Å²) >= 11 is 0. The third kappa shape index (κ3) is 13.5. The first kappa shape index (κ1) is 35.2. The van der Waals surface area contributed by atoms with Crippen LogP contribution in [0.1, 0.15) is 54.4 Å². The number of amides is 1. The van der Waals surface area contributed by atoms with Gasteiger partial charge in [-0.05, 0) is 19.3 Å². The fourth-order valence-corrected chi connectivity index (χ4v) is 4.32. The molecular formula is C36H42HfNOSi. The zero-order valence-corrected chi connectivity index (χ0v) is 28.8. The molecule has 0 heterocycles. The molecule has 1 fully saturated rings. The average Bonchev–Trinajstić information content (AvgIpc) is 3.35.